The number of carbonyl (C=O) groups is 2. The summed E-state index contributed by atoms with van der Waals surface area (Å²) >= 11 is 0. The minimum absolute atomic E-state index is 0.0807. The zero-order valence-corrected chi connectivity index (χ0v) is 13.2. The molecule has 1 fully saturated rings. The van der Waals surface area contributed by atoms with Gasteiger partial charge in [0.15, 0.2) is 5.69 Å². The number of benzene rings is 1. The van der Waals surface area contributed by atoms with Crippen LogP contribution in [0, 0.1) is 10.1 Å². The third-order valence-corrected chi connectivity index (χ3v) is 4.16. The lowest BCUT2D eigenvalue weighted by molar-refractivity contribution is -0.384. The highest BCUT2D eigenvalue weighted by Gasteiger charge is 2.33. The number of nitro benzene ring substituents is 1. The molecule has 130 valence electrons. The van der Waals surface area contributed by atoms with Crippen LogP contribution in [-0.4, -0.2) is 49.2 Å². The number of aromatic nitrogens is 2. The van der Waals surface area contributed by atoms with E-state index in [1.807, 2.05) is 0 Å². The number of nitro groups is 1. The standard InChI is InChI=1S/C16H16N4O5/c21-15(18-8-2-1-6-14(18)16(22)23)13-7-9-19(17-13)11-4-3-5-12(10-11)20(24)25/h3-5,7,9-10,14H,1-2,6,8H2,(H,22,23)/t14-/m1/s1. The first-order valence-electron chi connectivity index (χ1n) is 7.81. The van der Waals surface area contributed by atoms with Gasteiger partial charge in [-0.25, -0.2) is 9.48 Å². The number of aliphatic carboxylic acids is 1. The number of non-ortho nitro benzene ring substituents is 1. The van der Waals surface area contributed by atoms with Gasteiger partial charge in [0, 0.05) is 24.9 Å². The number of likely N-dealkylation sites (tertiary alicyclic amines) is 1. The normalized spacial score (nSPS) is 17.3. The average molecular weight is 344 g/mol. The van der Waals surface area contributed by atoms with Crippen LogP contribution in [-0.2, 0) is 4.79 Å². The van der Waals surface area contributed by atoms with Gasteiger partial charge in [-0.2, -0.15) is 5.10 Å². The lowest BCUT2D eigenvalue weighted by atomic mass is 10.0. The van der Waals surface area contributed by atoms with E-state index in [1.165, 1.54) is 40.0 Å². The summed E-state index contributed by atoms with van der Waals surface area (Å²) in [4.78, 5) is 35.6. The Morgan fingerprint density at radius 3 is 2.80 bits per heavy atom. The van der Waals surface area contributed by atoms with Gasteiger partial charge in [0.25, 0.3) is 11.6 Å². The second-order valence-electron chi connectivity index (χ2n) is 5.77. The molecule has 1 saturated heterocycles. The molecule has 2 heterocycles. The number of carboxylic acids is 1. The van der Waals surface area contributed by atoms with Crippen LogP contribution >= 0.6 is 0 Å². The van der Waals surface area contributed by atoms with E-state index in [1.54, 1.807) is 6.07 Å². The summed E-state index contributed by atoms with van der Waals surface area (Å²) in [5, 5.41) is 24.3. The van der Waals surface area contributed by atoms with Gasteiger partial charge in [-0.15, -0.1) is 0 Å². The minimum Gasteiger partial charge on any atom is -0.480 e. The zero-order chi connectivity index (χ0) is 18.0. The van der Waals surface area contributed by atoms with Crippen molar-refractivity contribution in [2.45, 2.75) is 25.3 Å². The lowest BCUT2D eigenvalue weighted by Crippen LogP contribution is -2.48. The Labute approximate surface area is 142 Å². The molecular formula is C16H16N4O5. The van der Waals surface area contributed by atoms with E-state index < -0.39 is 22.8 Å². The van der Waals surface area contributed by atoms with Gasteiger partial charge in [0.1, 0.15) is 6.04 Å². The Hall–Kier alpha value is -3.23. The molecule has 0 radical (unpaired) electrons. The van der Waals surface area contributed by atoms with Crippen LogP contribution in [0.3, 0.4) is 0 Å². The summed E-state index contributed by atoms with van der Waals surface area (Å²) in [6, 6.07) is 6.52. The summed E-state index contributed by atoms with van der Waals surface area (Å²) in [7, 11) is 0. The number of rotatable bonds is 4. The molecule has 0 bridgehead atoms. The fourth-order valence-corrected chi connectivity index (χ4v) is 2.91. The number of carboxylic acid groups (broad SMARTS) is 1. The minimum atomic E-state index is -1.02. The zero-order valence-electron chi connectivity index (χ0n) is 13.2. The number of amides is 1. The smallest absolute Gasteiger partial charge is 0.326 e. The maximum absolute atomic E-state index is 12.6. The third kappa shape index (κ3) is 3.35. The molecule has 3 rings (SSSR count). The molecule has 9 nitrogen and oxygen atoms in total. The van der Waals surface area contributed by atoms with E-state index in [4.69, 9.17) is 0 Å². The SMILES string of the molecule is O=C(O)[C@H]1CCCCN1C(=O)c1ccn(-c2cccc([N+](=O)[O-])c2)n1. The van der Waals surface area contributed by atoms with E-state index in [0.29, 0.717) is 18.7 Å². The van der Waals surface area contributed by atoms with Crippen LogP contribution in [0.15, 0.2) is 36.5 Å². The van der Waals surface area contributed by atoms with Crippen molar-refractivity contribution in [3.05, 3.63) is 52.3 Å². The molecule has 2 aromatic rings. The van der Waals surface area contributed by atoms with Crippen molar-refractivity contribution in [2.24, 2.45) is 0 Å². The number of carbonyl (C=O) groups excluding carboxylic acids is 1. The predicted octanol–water partition coefficient (Wildman–Crippen LogP) is 1.86. The molecule has 1 aliphatic heterocycles. The topological polar surface area (TPSA) is 119 Å². The van der Waals surface area contributed by atoms with Gasteiger partial charge in [-0.05, 0) is 31.4 Å². The molecule has 1 N–H and O–H groups in total. The third-order valence-electron chi connectivity index (χ3n) is 4.16. The van der Waals surface area contributed by atoms with Crippen LogP contribution in [0.5, 0.6) is 0 Å². The lowest BCUT2D eigenvalue weighted by Gasteiger charge is -2.32. The Morgan fingerprint density at radius 1 is 1.28 bits per heavy atom. The molecular weight excluding hydrogens is 328 g/mol. The number of hydrogen-bond acceptors (Lipinski definition) is 5. The fourth-order valence-electron chi connectivity index (χ4n) is 2.91. The van der Waals surface area contributed by atoms with Crippen molar-refractivity contribution in [1.82, 2.24) is 14.7 Å². The second-order valence-corrected chi connectivity index (χ2v) is 5.77. The van der Waals surface area contributed by atoms with E-state index in [-0.39, 0.29) is 11.4 Å². The predicted molar refractivity (Wildman–Crippen MR) is 86.5 cm³/mol. The Kier molecular flexibility index (Phi) is 4.46. The van der Waals surface area contributed by atoms with Gasteiger partial charge in [-0.3, -0.25) is 14.9 Å². The van der Waals surface area contributed by atoms with E-state index in [9.17, 15) is 24.8 Å². The Balaban J connectivity index is 1.85. The van der Waals surface area contributed by atoms with Crippen LogP contribution in [0.25, 0.3) is 5.69 Å². The first-order chi connectivity index (χ1) is 12.0. The van der Waals surface area contributed by atoms with Crippen molar-refractivity contribution in [1.29, 1.82) is 0 Å². The Morgan fingerprint density at radius 2 is 2.08 bits per heavy atom. The molecule has 1 atom stereocenters. The second kappa shape index (κ2) is 6.71. The highest BCUT2D eigenvalue weighted by atomic mass is 16.6. The highest BCUT2D eigenvalue weighted by Crippen LogP contribution is 2.21. The first-order valence-corrected chi connectivity index (χ1v) is 7.81. The monoisotopic (exact) mass is 344 g/mol. The first kappa shape index (κ1) is 16.6. The highest BCUT2D eigenvalue weighted by molar-refractivity contribution is 5.95. The van der Waals surface area contributed by atoms with Crippen LogP contribution in [0.1, 0.15) is 29.8 Å². The molecule has 25 heavy (non-hydrogen) atoms. The molecule has 0 saturated carbocycles. The summed E-state index contributed by atoms with van der Waals surface area (Å²) in [6.45, 7) is 0.374. The number of piperidine rings is 1. The molecule has 0 unspecified atom stereocenters. The summed E-state index contributed by atoms with van der Waals surface area (Å²) in [5.74, 6) is -1.47. The Bertz CT molecular complexity index is 831. The maximum Gasteiger partial charge on any atom is 0.326 e. The average Bonchev–Trinajstić information content (AvgIpc) is 3.11. The number of nitrogens with zero attached hydrogens (tertiary/aromatic N) is 4. The van der Waals surface area contributed by atoms with E-state index in [2.05, 4.69) is 5.10 Å². The molecule has 0 spiro atoms. The molecule has 1 aromatic carbocycles. The van der Waals surface area contributed by atoms with Crippen LogP contribution in [0.2, 0.25) is 0 Å². The van der Waals surface area contributed by atoms with Gasteiger partial charge in [0.2, 0.25) is 0 Å². The maximum atomic E-state index is 12.6. The van der Waals surface area contributed by atoms with Gasteiger partial charge in [0.05, 0.1) is 10.6 Å². The van der Waals surface area contributed by atoms with Crippen LogP contribution in [0.4, 0.5) is 5.69 Å². The quantitative estimate of drug-likeness (QED) is 0.668. The fraction of sp³-hybridized carbons (Fsp3) is 0.312. The van der Waals surface area contributed by atoms with Crippen molar-refractivity contribution in [2.75, 3.05) is 6.54 Å². The molecule has 9 heteroatoms. The van der Waals surface area contributed by atoms with Gasteiger partial charge >= 0.3 is 5.97 Å². The molecule has 1 aliphatic rings. The molecule has 1 amide bonds. The molecule has 0 aliphatic carbocycles. The van der Waals surface area contributed by atoms with Crippen molar-refractivity contribution in [3.63, 3.8) is 0 Å². The van der Waals surface area contributed by atoms with Gasteiger partial charge in [-0.1, -0.05) is 6.07 Å². The molecule has 1 aromatic heterocycles. The summed E-state index contributed by atoms with van der Waals surface area (Å²) in [5.41, 5.74) is 0.476. The van der Waals surface area contributed by atoms with Crippen molar-refractivity contribution < 1.29 is 19.6 Å². The van der Waals surface area contributed by atoms with E-state index in [0.717, 1.165) is 12.8 Å². The number of hydrogen-bond donors (Lipinski definition) is 1. The summed E-state index contributed by atoms with van der Waals surface area (Å²) in [6.07, 6.45) is 3.46. The van der Waals surface area contributed by atoms with Crippen molar-refractivity contribution in [3.8, 4) is 5.69 Å². The van der Waals surface area contributed by atoms with Gasteiger partial charge < -0.3 is 10.0 Å². The van der Waals surface area contributed by atoms with Crippen molar-refractivity contribution >= 4 is 17.6 Å². The van der Waals surface area contributed by atoms with E-state index >= 15 is 0 Å². The largest absolute Gasteiger partial charge is 0.480 e. The summed E-state index contributed by atoms with van der Waals surface area (Å²) < 4.78 is 1.36. The van der Waals surface area contributed by atoms with Crippen LogP contribution < -0.4 is 0 Å².